The van der Waals surface area contributed by atoms with Crippen LogP contribution in [-0.4, -0.2) is 49.5 Å². The lowest BCUT2D eigenvalue weighted by Gasteiger charge is -2.46. The predicted molar refractivity (Wildman–Crippen MR) is 193 cm³/mol. The molecule has 0 aromatic heterocycles. The first-order valence-corrected chi connectivity index (χ1v) is 17.6. The molecule has 0 amide bonds. The van der Waals surface area contributed by atoms with Crippen molar-refractivity contribution in [3.05, 3.63) is 173 Å². The summed E-state index contributed by atoms with van der Waals surface area (Å²) in [6, 6.07) is 47.6. The SMILES string of the molecule is COC(=O)c1ccccc1S[C@@H]1O[C@H](COCc2ccccc2)[C@H](OCc2ccccc2)[C@H](OCc2ccccc2)[C@H]1OCc1ccccc1. The van der Waals surface area contributed by atoms with Crippen molar-refractivity contribution in [1.82, 2.24) is 0 Å². The predicted octanol–water partition coefficient (Wildman–Crippen LogP) is 8.26. The van der Waals surface area contributed by atoms with Crippen LogP contribution in [0.3, 0.4) is 0 Å². The average Bonchev–Trinajstić information content (AvgIpc) is 3.17. The first-order valence-electron chi connectivity index (χ1n) is 16.8. The molecule has 0 saturated carbocycles. The molecule has 1 fully saturated rings. The third kappa shape index (κ3) is 9.91. The standard InChI is InChI=1S/C42H42O7S/c1-44-41(43)35-24-14-15-25-37(35)50-42-40(48-29-34-22-12-5-13-23-34)39(47-28-33-20-10-4-11-21-33)38(46-27-32-18-8-3-9-19-32)36(49-42)30-45-26-31-16-6-2-7-17-31/h2-25,36,38-40,42H,26-30H2,1H3/t36-,38+,39+,40-,42+/m1/s1. The Hall–Kier alpha value is -4.28. The molecule has 1 aliphatic heterocycles. The van der Waals surface area contributed by atoms with Crippen molar-refractivity contribution in [3.8, 4) is 0 Å². The van der Waals surface area contributed by atoms with E-state index in [1.807, 2.05) is 140 Å². The van der Waals surface area contributed by atoms with Crippen LogP contribution in [0.15, 0.2) is 150 Å². The highest BCUT2D eigenvalue weighted by Gasteiger charge is 2.49. The molecule has 0 spiro atoms. The Balaban J connectivity index is 1.35. The number of carbonyl (C=O) groups excluding carboxylic acids is 1. The number of hydrogen-bond acceptors (Lipinski definition) is 8. The molecular weight excluding hydrogens is 649 g/mol. The minimum absolute atomic E-state index is 0.251. The molecule has 50 heavy (non-hydrogen) atoms. The van der Waals surface area contributed by atoms with Crippen LogP contribution >= 0.6 is 11.8 Å². The van der Waals surface area contributed by atoms with E-state index in [1.165, 1.54) is 18.9 Å². The van der Waals surface area contributed by atoms with E-state index in [2.05, 4.69) is 0 Å². The monoisotopic (exact) mass is 690 g/mol. The number of ether oxygens (including phenoxy) is 6. The Labute approximate surface area is 298 Å². The number of methoxy groups -OCH3 is 1. The summed E-state index contributed by atoms with van der Waals surface area (Å²) in [6.45, 7) is 1.69. The van der Waals surface area contributed by atoms with Gasteiger partial charge in [0.2, 0.25) is 0 Å². The Morgan fingerprint density at radius 2 is 1.00 bits per heavy atom. The van der Waals surface area contributed by atoms with Crippen LogP contribution in [0.5, 0.6) is 0 Å². The second-order valence-electron chi connectivity index (χ2n) is 11.9. The van der Waals surface area contributed by atoms with Crippen molar-refractivity contribution >= 4 is 17.7 Å². The van der Waals surface area contributed by atoms with E-state index in [0.717, 1.165) is 22.3 Å². The van der Waals surface area contributed by atoms with Crippen LogP contribution < -0.4 is 0 Å². The molecule has 5 aromatic carbocycles. The number of esters is 1. The largest absolute Gasteiger partial charge is 0.465 e. The molecule has 1 aliphatic rings. The molecule has 0 radical (unpaired) electrons. The van der Waals surface area contributed by atoms with Crippen LogP contribution in [0.1, 0.15) is 32.6 Å². The van der Waals surface area contributed by atoms with Gasteiger partial charge in [-0.25, -0.2) is 4.79 Å². The third-order valence-corrected chi connectivity index (χ3v) is 9.60. The van der Waals surface area contributed by atoms with Crippen LogP contribution in [0.2, 0.25) is 0 Å². The molecular formula is C42H42O7S. The summed E-state index contributed by atoms with van der Waals surface area (Å²) in [5, 5.41) is 0. The zero-order valence-electron chi connectivity index (χ0n) is 28.0. The maximum Gasteiger partial charge on any atom is 0.338 e. The molecule has 0 bridgehead atoms. The van der Waals surface area contributed by atoms with Gasteiger partial charge in [-0.05, 0) is 34.4 Å². The third-order valence-electron chi connectivity index (χ3n) is 8.38. The van der Waals surface area contributed by atoms with Gasteiger partial charge in [0.05, 0.1) is 45.7 Å². The van der Waals surface area contributed by atoms with Gasteiger partial charge in [0.15, 0.2) is 0 Å². The van der Waals surface area contributed by atoms with E-state index in [0.29, 0.717) is 36.9 Å². The Morgan fingerprint density at radius 3 is 1.52 bits per heavy atom. The van der Waals surface area contributed by atoms with Gasteiger partial charge in [0.1, 0.15) is 29.9 Å². The fraction of sp³-hybridized carbons (Fsp3) is 0.262. The first-order chi connectivity index (χ1) is 24.7. The maximum absolute atomic E-state index is 12.8. The van der Waals surface area contributed by atoms with Crippen molar-refractivity contribution in [2.75, 3.05) is 13.7 Å². The Kier molecular flexibility index (Phi) is 13.2. The highest BCUT2D eigenvalue weighted by atomic mass is 32.2. The second-order valence-corrected chi connectivity index (χ2v) is 13.1. The summed E-state index contributed by atoms with van der Waals surface area (Å²) in [7, 11) is 1.38. The molecule has 0 unspecified atom stereocenters. The normalized spacial score (nSPS) is 20.3. The highest BCUT2D eigenvalue weighted by molar-refractivity contribution is 8.00. The molecule has 7 nitrogen and oxygen atoms in total. The Morgan fingerprint density at radius 1 is 0.560 bits per heavy atom. The van der Waals surface area contributed by atoms with Gasteiger partial charge in [-0.15, -0.1) is 0 Å². The fourth-order valence-electron chi connectivity index (χ4n) is 5.82. The lowest BCUT2D eigenvalue weighted by atomic mass is 9.98. The number of carbonyl (C=O) groups is 1. The summed E-state index contributed by atoms with van der Waals surface area (Å²) in [4.78, 5) is 13.5. The average molecular weight is 691 g/mol. The number of hydrogen-bond donors (Lipinski definition) is 0. The van der Waals surface area contributed by atoms with Crippen molar-refractivity contribution in [2.24, 2.45) is 0 Å². The molecule has 1 heterocycles. The lowest BCUT2D eigenvalue weighted by molar-refractivity contribution is -0.254. The van der Waals surface area contributed by atoms with E-state index < -0.39 is 35.8 Å². The van der Waals surface area contributed by atoms with Gasteiger partial charge in [-0.1, -0.05) is 145 Å². The van der Waals surface area contributed by atoms with Crippen LogP contribution in [-0.2, 0) is 54.8 Å². The van der Waals surface area contributed by atoms with Crippen LogP contribution in [0.25, 0.3) is 0 Å². The summed E-state index contributed by atoms with van der Waals surface area (Å²) in [6.07, 6.45) is -2.24. The van der Waals surface area contributed by atoms with Crippen molar-refractivity contribution in [3.63, 3.8) is 0 Å². The summed E-state index contributed by atoms with van der Waals surface area (Å²) >= 11 is 1.41. The van der Waals surface area contributed by atoms with Gasteiger partial charge in [0, 0.05) is 4.90 Å². The maximum atomic E-state index is 12.8. The van der Waals surface area contributed by atoms with Gasteiger partial charge >= 0.3 is 5.97 Å². The minimum atomic E-state index is -0.597. The summed E-state index contributed by atoms with van der Waals surface area (Å²) < 4.78 is 38.7. The Bertz CT molecular complexity index is 1720. The second kappa shape index (κ2) is 18.6. The molecule has 6 rings (SSSR count). The topological polar surface area (TPSA) is 72.5 Å². The summed E-state index contributed by atoms with van der Waals surface area (Å²) in [5.74, 6) is -0.422. The van der Waals surface area contributed by atoms with E-state index >= 15 is 0 Å². The van der Waals surface area contributed by atoms with Crippen molar-refractivity contribution < 1.29 is 33.2 Å². The van der Waals surface area contributed by atoms with Crippen molar-refractivity contribution in [1.29, 1.82) is 0 Å². The van der Waals surface area contributed by atoms with E-state index in [1.54, 1.807) is 6.07 Å². The number of rotatable bonds is 16. The van der Waals surface area contributed by atoms with Gasteiger partial charge in [0.25, 0.3) is 0 Å². The molecule has 0 aliphatic carbocycles. The smallest absolute Gasteiger partial charge is 0.338 e. The van der Waals surface area contributed by atoms with Gasteiger partial charge < -0.3 is 28.4 Å². The minimum Gasteiger partial charge on any atom is -0.465 e. The van der Waals surface area contributed by atoms with Gasteiger partial charge in [-0.2, -0.15) is 0 Å². The molecule has 1 saturated heterocycles. The lowest BCUT2D eigenvalue weighted by Crippen LogP contribution is -2.60. The van der Waals surface area contributed by atoms with E-state index in [-0.39, 0.29) is 6.61 Å². The fourth-order valence-corrected chi connectivity index (χ4v) is 7.07. The van der Waals surface area contributed by atoms with Crippen molar-refractivity contribution in [2.45, 2.75) is 61.2 Å². The molecule has 8 heteroatoms. The molecule has 258 valence electrons. The van der Waals surface area contributed by atoms with Crippen LogP contribution in [0, 0.1) is 0 Å². The van der Waals surface area contributed by atoms with Crippen LogP contribution in [0.4, 0.5) is 0 Å². The first kappa shape index (κ1) is 35.5. The van der Waals surface area contributed by atoms with Gasteiger partial charge in [-0.3, -0.25) is 0 Å². The highest BCUT2D eigenvalue weighted by Crippen LogP contribution is 2.39. The summed E-state index contributed by atoms with van der Waals surface area (Å²) in [5.41, 5.74) is 3.99. The zero-order chi connectivity index (χ0) is 34.4. The molecule has 0 N–H and O–H groups in total. The van der Waals surface area contributed by atoms with E-state index in [4.69, 9.17) is 28.4 Å². The molecule has 5 aromatic rings. The number of thioether (sulfide) groups is 1. The molecule has 5 atom stereocenters. The van der Waals surface area contributed by atoms with E-state index in [9.17, 15) is 4.79 Å². The number of benzene rings is 5. The quantitative estimate of drug-likeness (QED) is 0.0959. The zero-order valence-corrected chi connectivity index (χ0v) is 28.9.